The molecular weight excluding hydrogens is 468 g/mol. The van der Waals surface area contributed by atoms with Gasteiger partial charge in [-0.15, -0.1) is 0 Å². The van der Waals surface area contributed by atoms with Gasteiger partial charge in [-0.25, -0.2) is 13.8 Å². The van der Waals surface area contributed by atoms with Gasteiger partial charge in [0.25, 0.3) is 15.9 Å². The van der Waals surface area contributed by atoms with E-state index in [4.69, 9.17) is 14.7 Å². The van der Waals surface area contributed by atoms with E-state index in [1.165, 1.54) is 18.3 Å². The first-order valence-corrected chi connectivity index (χ1v) is 12.1. The lowest BCUT2D eigenvalue weighted by atomic mass is 10.2. The quantitative estimate of drug-likeness (QED) is 0.324. The van der Waals surface area contributed by atoms with Crippen LogP contribution in [0.4, 0.5) is 5.69 Å². The van der Waals surface area contributed by atoms with Gasteiger partial charge in [0.2, 0.25) is 0 Å². The van der Waals surface area contributed by atoms with Gasteiger partial charge >= 0.3 is 0 Å². The van der Waals surface area contributed by atoms with Crippen molar-refractivity contribution in [2.45, 2.75) is 11.8 Å². The number of ether oxygens (including phenoxy) is 2. The Bertz CT molecular complexity index is 1300. The zero-order valence-electron chi connectivity index (χ0n) is 19.0. The zero-order valence-corrected chi connectivity index (χ0v) is 19.8. The molecule has 0 unspecified atom stereocenters. The molecule has 10 heteroatoms. The van der Waals surface area contributed by atoms with E-state index in [1.54, 1.807) is 73.7 Å². The Morgan fingerprint density at radius 1 is 1.03 bits per heavy atom. The SMILES string of the molecule is CCOc1ccccc1N(CC(=O)N/N=C\c1ccc(OCC#N)cc1)S(=O)(=O)c1ccccc1. The highest BCUT2D eigenvalue weighted by Crippen LogP contribution is 2.32. The molecule has 0 atom stereocenters. The van der Waals surface area contributed by atoms with Gasteiger partial charge in [-0.1, -0.05) is 30.3 Å². The molecule has 0 aliphatic rings. The number of nitriles is 1. The molecule has 3 rings (SSSR count). The number of nitrogens with one attached hydrogen (secondary N) is 1. The smallest absolute Gasteiger partial charge is 0.264 e. The van der Waals surface area contributed by atoms with Gasteiger partial charge in [-0.05, 0) is 61.0 Å². The first kappa shape index (κ1) is 25.3. The highest BCUT2D eigenvalue weighted by Gasteiger charge is 2.29. The van der Waals surface area contributed by atoms with Crippen LogP contribution in [0.25, 0.3) is 0 Å². The number of amides is 1. The molecule has 3 aromatic carbocycles. The summed E-state index contributed by atoms with van der Waals surface area (Å²) in [6, 6.07) is 23.1. The molecule has 0 aromatic heterocycles. The van der Waals surface area contributed by atoms with Crippen molar-refractivity contribution in [3.8, 4) is 17.6 Å². The second-order valence-corrected chi connectivity index (χ2v) is 8.90. The van der Waals surface area contributed by atoms with Gasteiger partial charge in [0.05, 0.1) is 23.4 Å². The van der Waals surface area contributed by atoms with Crippen molar-refractivity contribution in [2.24, 2.45) is 5.10 Å². The number of sulfonamides is 1. The molecule has 0 saturated carbocycles. The van der Waals surface area contributed by atoms with Gasteiger partial charge in [-0.3, -0.25) is 9.10 Å². The number of para-hydroxylation sites is 2. The van der Waals surface area contributed by atoms with E-state index in [-0.39, 0.29) is 17.2 Å². The van der Waals surface area contributed by atoms with Gasteiger partial charge < -0.3 is 9.47 Å². The van der Waals surface area contributed by atoms with E-state index in [0.29, 0.717) is 23.7 Å². The topological polar surface area (TPSA) is 121 Å². The number of rotatable bonds is 11. The molecule has 9 nitrogen and oxygen atoms in total. The van der Waals surface area contributed by atoms with Crippen LogP contribution in [0.2, 0.25) is 0 Å². The second-order valence-electron chi connectivity index (χ2n) is 7.03. The molecule has 35 heavy (non-hydrogen) atoms. The molecule has 0 aliphatic carbocycles. The van der Waals surface area contributed by atoms with Crippen molar-refractivity contribution in [1.82, 2.24) is 5.43 Å². The van der Waals surface area contributed by atoms with Crippen LogP contribution in [-0.4, -0.2) is 40.3 Å². The Morgan fingerprint density at radius 3 is 2.40 bits per heavy atom. The molecular formula is C25H24N4O5S. The number of hydrogen-bond acceptors (Lipinski definition) is 7. The summed E-state index contributed by atoms with van der Waals surface area (Å²) in [7, 11) is -4.08. The van der Waals surface area contributed by atoms with Crippen LogP contribution in [0.5, 0.6) is 11.5 Å². The normalized spacial score (nSPS) is 11.0. The minimum Gasteiger partial charge on any atom is -0.492 e. The fraction of sp³-hybridized carbons (Fsp3) is 0.160. The monoisotopic (exact) mass is 492 g/mol. The number of carbonyl (C=O) groups is 1. The number of nitrogens with zero attached hydrogens (tertiary/aromatic N) is 3. The van der Waals surface area contributed by atoms with Crippen molar-refractivity contribution < 1.29 is 22.7 Å². The molecule has 0 saturated heterocycles. The summed E-state index contributed by atoms with van der Waals surface area (Å²) in [4.78, 5) is 12.8. The van der Waals surface area contributed by atoms with Crippen LogP contribution in [0, 0.1) is 11.3 Å². The highest BCUT2D eigenvalue weighted by atomic mass is 32.2. The Morgan fingerprint density at radius 2 is 1.71 bits per heavy atom. The number of anilines is 1. The maximum Gasteiger partial charge on any atom is 0.264 e. The van der Waals surface area contributed by atoms with Crippen molar-refractivity contribution in [3.05, 3.63) is 84.4 Å². The van der Waals surface area contributed by atoms with E-state index in [2.05, 4.69) is 10.5 Å². The van der Waals surface area contributed by atoms with Crippen molar-refractivity contribution in [2.75, 3.05) is 24.1 Å². The van der Waals surface area contributed by atoms with Crippen LogP contribution >= 0.6 is 0 Å². The Kier molecular flexibility index (Phi) is 8.81. The van der Waals surface area contributed by atoms with Gasteiger partial charge in [-0.2, -0.15) is 10.4 Å². The summed E-state index contributed by atoms with van der Waals surface area (Å²) >= 11 is 0. The van der Waals surface area contributed by atoms with Crippen molar-refractivity contribution in [3.63, 3.8) is 0 Å². The third-order valence-corrected chi connectivity index (χ3v) is 6.41. The van der Waals surface area contributed by atoms with Crippen molar-refractivity contribution >= 4 is 27.8 Å². The van der Waals surface area contributed by atoms with Gasteiger partial charge in [0.15, 0.2) is 6.61 Å². The standard InChI is InChI=1S/C25H24N4O5S/c1-2-33-24-11-7-6-10-23(24)29(35(31,32)22-8-4-3-5-9-22)19-25(30)28-27-18-20-12-14-21(15-13-20)34-17-16-26/h3-15,18H,2,17,19H2,1H3,(H,28,30)/b27-18-. The molecule has 0 spiro atoms. The average molecular weight is 493 g/mol. The lowest BCUT2D eigenvalue weighted by Crippen LogP contribution is -2.39. The predicted molar refractivity (Wildman–Crippen MR) is 132 cm³/mol. The summed E-state index contributed by atoms with van der Waals surface area (Å²) in [6.45, 7) is 1.54. The van der Waals surface area contributed by atoms with E-state index in [9.17, 15) is 13.2 Å². The van der Waals surface area contributed by atoms with Crippen LogP contribution in [0.15, 0.2) is 88.9 Å². The van der Waals surface area contributed by atoms with Crippen LogP contribution in [-0.2, 0) is 14.8 Å². The summed E-state index contributed by atoms with van der Waals surface area (Å²) in [5, 5.41) is 12.5. The van der Waals surface area contributed by atoms with Gasteiger partial charge in [0, 0.05) is 0 Å². The minimum atomic E-state index is -4.08. The third kappa shape index (κ3) is 6.82. The fourth-order valence-corrected chi connectivity index (χ4v) is 4.52. The predicted octanol–water partition coefficient (Wildman–Crippen LogP) is 3.33. The molecule has 0 heterocycles. The fourth-order valence-electron chi connectivity index (χ4n) is 3.07. The number of hydrogen-bond donors (Lipinski definition) is 1. The maximum absolute atomic E-state index is 13.4. The Labute approximate surface area is 204 Å². The average Bonchev–Trinajstić information content (AvgIpc) is 2.88. The van der Waals surface area contributed by atoms with Crippen molar-refractivity contribution in [1.29, 1.82) is 5.26 Å². The largest absolute Gasteiger partial charge is 0.492 e. The van der Waals surface area contributed by atoms with Crippen LogP contribution in [0.1, 0.15) is 12.5 Å². The van der Waals surface area contributed by atoms with E-state index in [0.717, 1.165) is 4.31 Å². The van der Waals surface area contributed by atoms with E-state index < -0.39 is 22.5 Å². The molecule has 0 aliphatic heterocycles. The van der Waals surface area contributed by atoms with E-state index >= 15 is 0 Å². The number of benzene rings is 3. The minimum absolute atomic E-state index is 0.0429. The Balaban J connectivity index is 1.80. The lowest BCUT2D eigenvalue weighted by Gasteiger charge is -2.25. The lowest BCUT2D eigenvalue weighted by molar-refractivity contribution is -0.119. The summed E-state index contributed by atoms with van der Waals surface area (Å²) in [6.07, 6.45) is 1.41. The molecule has 0 bridgehead atoms. The van der Waals surface area contributed by atoms with E-state index in [1.807, 2.05) is 6.07 Å². The molecule has 3 aromatic rings. The molecule has 0 fully saturated rings. The highest BCUT2D eigenvalue weighted by molar-refractivity contribution is 7.92. The zero-order chi connectivity index (χ0) is 25.1. The summed E-state index contributed by atoms with van der Waals surface area (Å²) < 4.78 is 38.7. The first-order valence-electron chi connectivity index (χ1n) is 10.7. The molecule has 0 radical (unpaired) electrons. The van der Waals surface area contributed by atoms with Gasteiger partial charge in [0.1, 0.15) is 24.1 Å². The molecule has 1 amide bonds. The maximum atomic E-state index is 13.4. The third-order valence-electron chi connectivity index (χ3n) is 4.64. The Hall–Kier alpha value is -4.36. The second kappa shape index (κ2) is 12.2. The number of hydrazone groups is 1. The number of carbonyl (C=O) groups excluding carboxylic acids is 1. The van der Waals surface area contributed by atoms with Crippen LogP contribution in [0.3, 0.4) is 0 Å². The first-order chi connectivity index (χ1) is 17.0. The molecule has 180 valence electrons. The van der Waals surface area contributed by atoms with Crippen LogP contribution < -0.4 is 19.2 Å². The summed E-state index contributed by atoms with van der Waals surface area (Å²) in [5.41, 5.74) is 3.28. The molecule has 1 N–H and O–H groups in total. The summed E-state index contributed by atoms with van der Waals surface area (Å²) in [5.74, 6) is 0.230.